The van der Waals surface area contributed by atoms with Crippen molar-refractivity contribution in [3.05, 3.63) is 23.8 Å². The minimum Gasteiger partial charge on any atom is -0.481 e. The number of hydrogen-bond donors (Lipinski definition) is 2. The first kappa shape index (κ1) is 13.6. The molecule has 0 heterocycles. The Hall–Kier alpha value is -1.42. The lowest BCUT2D eigenvalue weighted by Gasteiger charge is -2.34. The van der Waals surface area contributed by atoms with E-state index < -0.39 is 23.3 Å². The van der Waals surface area contributed by atoms with Crippen molar-refractivity contribution in [2.24, 2.45) is 11.8 Å². The maximum absolute atomic E-state index is 12.1. The van der Waals surface area contributed by atoms with Gasteiger partial charge in [0.25, 0.3) is 0 Å². The van der Waals surface area contributed by atoms with Crippen molar-refractivity contribution in [2.45, 2.75) is 32.8 Å². The molecule has 1 aliphatic rings. The molecule has 0 aromatic rings. The number of aliphatic carboxylic acids is 1. The van der Waals surface area contributed by atoms with E-state index >= 15 is 0 Å². The summed E-state index contributed by atoms with van der Waals surface area (Å²) in [7, 11) is 0. The molecule has 0 aromatic carbocycles. The monoisotopic (exact) mass is 238 g/mol. The zero-order valence-electron chi connectivity index (χ0n) is 10.3. The van der Waals surface area contributed by atoms with E-state index in [0.717, 1.165) is 0 Å². The molecule has 2 N–H and O–H groups in total. The molecule has 1 aliphatic carbocycles. The summed E-state index contributed by atoms with van der Waals surface area (Å²) < 4.78 is 0. The first-order chi connectivity index (χ1) is 7.80. The number of aliphatic hydroxyl groups is 1. The normalized spacial score (nSPS) is 28.1. The van der Waals surface area contributed by atoms with Crippen LogP contribution in [0.2, 0.25) is 0 Å². The van der Waals surface area contributed by atoms with Crippen LogP contribution in [-0.2, 0) is 9.59 Å². The van der Waals surface area contributed by atoms with Crippen LogP contribution in [0.15, 0.2) is 23.8 Å². The van der Waals surface area contributed by atoms with Crippen molar-refractivity contribution in [1.29, 1.82) is 0 Å². The molecular formula is C13H18O4. The Bertz CT molecular complexity index is 392. The Labute approximate surface area is 101 Å². The number of carboxylic acids is 1. The Balaban J connectivity index is 3.11. The molecule has 2 atom stereocenters. The molecule has 94 valence electrons. The van der Waals surface area contributed by atoms with Gasteiger partial charge in [0.2, 0.25) is 0 Å². The standard InChI is InChI=1S/C13H18O4/c1-8(2)7-11(14)13(17)9(3)5-4-6-10(13)12(15)16/h4-6,8,10,17H,7H2,1-3H3,(H,15,16). The summed E-state index contributed by atoms with van der Waals surface area (Å²) in [5.41, 5.74) is -1.51. The fourth-order valence-corrected chi connectivity index (χ4v) is 2.00. The van der Waals surface area contributed by atoms with Gasteiger partial charge in [0, 0.05) is 6.42 Å². The van der Waals surface area contributed by atoms with E-state index in [0.29, 0.717) is 5.57 Å². The molecule has 4 nitrogen and oxygen atoms in total. The van der Waals surface area contributed by atoms with Gasteiger partial charge >= 0.3 is 5.97 Å². The molecule has 2 unspecified atom stereocenters. The van der Waals surface area contributed by atoms with Gasteiger partial charge in [-0.1, -0.05) is 32.1 Å². The third-order valence-corrected chi connectivity index (χ3v) is 2.99. The summed E-state index contributed by atoms with van der Waals surface area (Å²) in [6.07, 6.45) is 4.66. The van der Waals surface area contributed by atoms with E-state index in [9.17, 15) is 14.7 Å². The molecule has 4 heteroatoms. The first-order valence-electron chi connectivity index (χ1n) is 5.64. The highest BCUT2D eigenvalue weighted by Gasteiger charge is 2.48. The quantitative estimate of drug-likeness (QED) is 0.779. The predicted octanol–water partition coefficient (Wildman–Crippen LogP) is 1.55. The van der Waals surface area contributed by atoms with Crippen molar-refractivity contribution >= 4 is 11.8 Å². The summed E-state index contributed by atoms with van der Waals surface area (Å²) in [6.45, 7) is 5.29. The van der Waals surface area contributed by atoms with Gasteiger partial charge in [-0.25, -0.2) is 0 Å². The molecule has 0 spiro atoms. The van der Waals surface area contributed by atoms with E-state index in [1.165, 1.54) is 6.08 Å². The van der Waals surface area contributed by atoms with Crippen LogP contribution in [0.4, 0.5) is 0 Å². The number of ketones is 1. The zero-order valence-corrected chi connectivity index (χ0v) is 10.3. The van der Waals surface area contributed by atoms with Crippen LogP contribution in [0.1, 0.15) is 27.2 Å². The Kier molecular flexibility index (Phi) is 3.88. The molecule has 0 saturated carbocycles. The van der Waals surface area contributed by atoms with Gasteiger partial charge in [-0.15, -0.1) is 0 Å². The Morgan fingerprint density at radius 1 is 1.47 bits per heavy atom. The van der Waals surface area contributed by atoms with Gasteiger partial charge < -0.3 is 10.2 Å². The van der Waals surface area contributed by atoms with Gasteiger partial charge in [0.15, 0.2) is 11.4 Å². The first-order valence-corrected chi connectivity index (χ1v) is 5.64. The minimum atomic E-state index is -1.90. The Morgan fingerprint density at radius 3 is 2.53 bits per heavy atom. The maximum Gasteiger partial charge on any atom is 0.314 e. The van der Waals surface area contributed by atoms with Crippen LogP contribution < -0.4 is 0 Å². The fraction of sp³-hybridized carbons (Fsp3) is 0.538. The number of hydrogen-bond acceptors (Lipinski definition) is 3. The maximum atomic E-state index is 12.1. The lowest BCUT2D eigenvalue weighted by Crippen LogP contribution is -2.50. The molecule has 0 amide bonds. The number of rotatable bonds is 4. The van der Waals surface area contributed by atoms with Crippen molar-refractivity contribution < 1.29 is 19.8 Å². The van der Waals surface area contributed by atoms with Crippen molar-refractivity contribution in [3.63, 3.8) is 0 Å². The second kappa shape index (κ2) is 4.84. The second-order valence-corrected chi connectivity index (χ2v) is 4.84. The molecule has 1 rings (SSSR count). The lowest BCUT2D eigenvalue weighted by molar-refractivity contribution is -0.154. The van der Waals surface area contributed by atoms with E-state index in [1.54, 1.807) is 19.1 Å². The summed E-state index contributed by atoms with van der Waals surface area (Å²) in [6, 6.07) is 0. The van der Waals surface area contributed by atoms with Gasteiger partial charge in [-0.2, -0.15) is 0 Å². The third-order valence-electron chi connectivity index (χ3n) is 2.99. The number of carbonyl (C=O) groups is 2. The highest BCUT2D eigenvalue weighted by molar-refractivity contribution is 5.96. The SMILES string of the molecule is CC1=CC=CC(C(=O)O)C1(O)C(=O)CC(C)C. The van der Waals surface area contributed by atoms with E-state index in [-0.39, 0.29) is 12.3 Å². The van der Waals surface area contributed by atoms with Gasteiger partial charge in [0.05, 0.1) is 0 Å². The van der Waals surface area contributed by atoms with E-state index in [1.807, 2.05) is 13.8 Å². The number of allylic oxidation sites excluding steroid dienone is 2. The summed E-state index contributed by atoms with van der Waals surface area (Å²) in [5.74, 6) is -2.73. The van der Waals surface area contributed by atoms with E-state index in [2.05, 4.69) is 0 Å². The summed E-state index contributed by atoms with van der Waals surface area (Å²) in [4.78, 5) is 23.2. The topological polar surface area (TPSA) is 74.6 Å². The Morgan fingerprint density at radius 2 is 2.06 bits per heavy atom. The molecule has 0 aliphatic heterocycles. The minimum absolute atomic E-state index is 0.0830. The highest BCUT2D eigenvalue weighted by atomic mass is 16.4. The van der Waals surface area contributed by atoms with Crippen LogP contribution in [0, 0.1) is 11.8 Å². The third kappa shape index (κ3) is 2.47. The van der Waals surface area contributed by atoms with Gasteiger partial charge in [-0.05, 0) is 18.4 Å². The lowest BCUT2D eigenvalue weighted by atomic mass is 9.73. The molecule has 0 fully saturated rings. The molecule has 17 heavy (non-hydrogen) atoms. The van der Waals surface area contributed by atoms with Crippen LogP contribution in [-0.4, -0.2) is 27.6 Å². The smallest absolute Gasteiger partial charge is 0.314 e. The molecule has 0 radical (unpaired) electrons. The van der Waals surface area contributed by atoms with Crippen molar-refractivity contribution in [3.8, 4) is 0 Å². The van der Waals surface area contributed by atoms with Crippen LogP contribution in [0.3, 0.4) is 0 Å². The second-order valence-electron chi connectivity index (χ2n) is 4.84. The van der Waals surface area contributed by atoms with Crippen LogP contribution in [0.5, 0.6) is 0 Å². The summed E-state index contributed by atoms with van der Waals surface area (Å²) >= 11 is 0. The zero-order chi connectivity index (χ0) is 13.2. The fourth-order valence-electron chi connectivity index (χ4n) is 2.00. The molecule has 0 aromatic heterocycles. The number of carbonyl (C=O) groups excluding carboxylic acids is 1. The van der Waals surface area contributed by atoms with E-state index in [4.69, 9.17) is 5.11 Å². The molecule has 0 saturated heterocycles. The average molecular weight is 238 g/mol. The van der Waals surface area contributed by atoms with Gasteiger partial charge in [-0.3, -0.25) is 9.59 Å². The largest absolute Gasteiger partial charge is 0.481 e. The number of carboxylic acid groups (broad SMARTS) is 1. The van der Waals surface area contributed by atoms with Gasteiger partial charge in [0.1, 0.15) is 5.92 Å². The predicted molar refractivity (Wildman–Crippen MR) is 63.4 cm³/mol. The highest BCUT2D eigenvalue weighted by Crippen LogP contribution is 2.33. The van der Waals surface area contributed by atoms with Crippen LogP contribution in [0.25, 0.3) is 0 Å². The van der Waals surface area contributed by atoms with Crippen molar-refractivity contribution in [1.82, 2.24) is 0 Å². The number of Topliss-reactive ketones (excluding diaryl/α,β-unsaturated/α-hetero) is 1. The summed E-state index contributed by atoms with van der Waals surface area (Å²) in [5, 5.41) is 19.5. The molecular weight excluding hydrogens is 220 g/mol. The average Bonchev–Trinajstić information content (AvgIpc) is 2.20. The van der Waals surface area contributed by atoms with Crippen molar-refractivity contribution in [2.75, 3.05) is 0 Å². The molecule has 0 bridgehead atoms. The van der Waals surface area contributed by atoms with Crippen LogP contribution >= 0.6 is 0 Å².